The molecule has 0 aliphatic heterocycles. The van der Waals surface area contributed by atoms with E-state index in [1.165, 1.54) is 16.7 Å². The second-order valence-electron chi connectivity index (χ2n) is 4.09. The number of allylic oxidation sites excluding steroid dienone is 2. The molecule has 0 saturated heterocycles. The van der Waals surface area contributed by atoms with Gasteiger partial charge in [-0.2, -0.15) is 0 Å². The molecule has 1 aromatic carbocycles. The van der Waals surface area contributed by atoms with Gasteiger partial charge in [0.2, 0.25) is 0 Å². The minimum atomic E-state index is 0.237. The zero-order valence-electron chi connectivity index (χ0n) is 7.89. The molecule has 1 heteroatoms. The van der Waals surface area contributed by atoms with Crippen LogP contribution in [0.3, 0.4) is 0 Å². The van der Waals surface area contributed by atoms with Crippen LogP contribution in [0.5, 0.6) is 0 Å². The second kappa shape index (κ2) is 2.52. The van der Waals surface area contributed by atoms with Gasteiger partial charge < -0.3 is 0 Å². The van der Waals surface area contributed by atoms with Crippen molar-refractivity contribution in [2.75, 3.05) is 0 Å². The third-order valence-corrected chi connectivity index (χ3v) is 2.62. The van der Waals surface area contributed by atoms with Gasteiger partial charge in [-0.25, -0.2) is 0 Å². The summed E-state index contributed by atoms with van der Waals surface area (Å²) < 4.78 is 0.237. The van der Waals surface area contributed by atoms with E-state index in [9.17, 15) is 0 Å². The van der Waals surface area contributed by atoms with Crippen molar-refractivity contribution in [1.82, 2.24) is 0 Å². The van der Waals surface area contributed by atoms with Gasteiger partial charge in [-0.15, -0.1) is 0 Å². The van der Waals surface area contributed by atoms with Crippen molar-refractivity contribution in [3.8, 4) is 0 Å². The van der Waals surface area contributed by atoms with Crippen molar-refractivity contribution in [3.63, 3.8) is 0 Å². The molecular formula is C11H11Li. The van der Waals surface area contributed by atoms with Crippen LogP contribution in [0.4, 0.5) is 0 Å². The molecular weight excluding hydrogens is 139 g/mol. The van der Waals surface area contributed by atoms with E-state index in [1.807, 2.05) is 0 Å². The Balaban J connectivity index is 2.68. The summed E-state index contributed by atoms with van der Waals surface area (Å²) in [6.07, 6.45) is 2.34. The molecule has 1 aliphatic rings. The summed E-state index contributed by atoms with van der Waals surface area (Å²) in [5.41, 5.74) is 4.29. The van der Waals surface area contributed by atoms with Crippen LogP contribution >= 0.6 is 0 Å². The van der Waals surface area contributed by atoms with Crippen molar-refractivity contribution in [1.29, 1.82) is 0 Å². The molecule has 56 valence electrons. The van der Waals surface area contributed by atoms with E-state index in [1.54, 1.807) is 0 Å². The summed E-state index contributed by atoms with van der Waals surface area (Å²) in [7, 11) is 0. The maximum absolute atomic E-state index is 2.34. The number of fused-ring (bicyclic) bond motifs is 1. The fraction of sp³-hybridized carbons (Fsp3) is 0.273. The number of benzene rings is 1. The van der Waals surface area contributed by atoms with Gasteiger partial charge in [-0.1, -0.05) is 0 Å². The van der Waals surface area contributed by atoms with Gasteiger partial charge in [0.25, 0.3) is 0 Å². The van der Waals surface area contributed by atoms with Gasteiger partial charge in [0.15, 0.2) is 0 Å². The third-order valence-electron chi connectivity index (χ3n) is 2.62. The second-order valence-corrected chi connectivity index (χ2v) is 4.09. The first-order chi connectivity index (χ1) is 5.61. The Labute approximate surface area is 82.9 Å². The summed E-state index contributed by atoms with van der Waals surface area (Å²) in [4.78, 5) is 0. The van der Waals surface area contributed by atoms with Crippen LogP contribution in [-0.2, 0) is 4.09 Å². The van der Waals surface area contributed by atoms with Gasteiger partial charge >= 0.3 is 82.7 Å². The van der Waals surface area contributed by atoms with Crippen LogP contribution in [0.15, 0.2) is 30.3 Å². The van der Waals surface area contributed by atoms with Gasteiger partial charge in [-0.05, 0) is 0 Å². The zero-order chi connectivity index (χ0) is 8.77. The first kappa shape index (κ1) is 8.17. The van der Waals surface area contributed by atoms with Gasteiger partial charge in [0, 0.05) is 0 Å². The summed E-state index contributed by atoms with van der Waals surface area (Å²) >= 11 is 2.27. The van der Waals surface area contributed by atoms with Crippen LogP contribution in [0.25, 0.3) is 5.57 Å². The van der Waals surface area contributed by atoms with E-state index >= 15 is 0 Å². The SMILES string of the molecule is [Li][C]1(C)C=C(C)c2ccccc21. The number of rotatable bonds is 0. The predicted octanol–water partition coefficient (Wildman–Crippen LogP) is 2.49. The van der Waals surface area contributed by atoms with E-state index in [2.05, 4.69) is 61.9 Å². The molecule has 0 aromatic heterocycles. The molecule has 0 bridgehead atoms. The molecule has 0 saturated carbocycles. The molecule has 1 aliphatic carbocycles. The van der Waals surface area contributed by atoms with E-state index in [4.69, 9.17) is 0 Å². The quantitative estimate of drug-likeness (QED) is 0.498. The number of hydrogen-bond acceptors (Lipinski definition) is 0. The topological polar surface area (TPSA) is 0 Å². The molecule has 1 aromatic rings. The Morgan fingerprint density at radius 1 is 1.25 bits per heavy atom. The standard InChI is InChI=1S/C11H11.Li/c1-8-7-9(2)11-6-4-3-5-10(8)11;/h3-7H,1-2H3;. The van der Waals surface area contributed by atoms with Crippen molar-refractivity contribution in [3.05, 3.63) is 41.5 Å². The van der Waals surface area contributed by atoms with Crippen molar-refractivity contribution in [2.45, 2.75) is 17.9 Å². The van der Waals surface area contributed by atoms with Gasteiger partial charge in [0.1, 0.15) is 0 Å². The van der Waals surface area contributed by atoms with E-state index in [0.29, 0.717) is 0 Å². The first-order valence-corrected chi connectivity index (χ1v) is 4.40. The van der Waals surface area contributed by atoms with Crippen LogP contribution in [0, 0.1) is 0 Å². The Kier molecular flexibility index (Phi) is 1.72. The van der Waals surface area contributed by atoms with Crippen LogP contribution in [0.1, 0.15) is 25.0 Å². The third kappa shape index (κ3) is 1.07. The van der Waals surface area contributed by atoms with Crippen LogP contribution < -0.4 is 0 Å². The predicted molar refractivity (Wildman–Crippen MR) is 53.2 cm³/mol. The van der Waals surface area contributed by atoms with Crippen molar-refractivity contribution >= 4 is 23.3 Å². The van der Waals surface area contributed by atoms with Crippen molar-refractivity contribution < 1.29 is 0 Å². The molecule has 0 N–H and O–H groups in total. The Bertz CT molecular complexity index is 348. The normalized spacial score (nSPS) is 26.8. The molecule has 0 amide bonds. The van der Waals surface area contributed by atoms with E-state index in [-0.39, 0.29) is 4.09 Å². The molecule has 0 spiro atoms. The molecule has 0 heterocycles. The molecule has 1 atom stereocenters. The summed E-state index contributed by atoms with van der Waals surface area (Å²) in [6, 6.07) is 8.66. The van der Waals surface area contributed by atoms with E-state index in [0.717, 1.165) is 0 Å². The summed E-state index contributed by atoms with van der Waals surface area (Å²) in [6.45, 7) is 4.45. The van der Waals surface area contributed by atoms with Crippen LogP contribution in [-0.4, -0.2) is 17.7 Å². The average Bonchev–Trinajstić information content (AvgIpc) is 2.25. The van der Waals surface area contributed by atoms with Gasteiger partial charge in [-0.3, -0.25) is 0 Å². The molecule has 1 unspecified atom stereocenters. The van der Waals surface area contributed by atoms with E-state index < -0.39 is 0 Å². The molecule has 0 fully saturated rings. The van der Waals surface area contributed by atoms with Gasteiger partial charge in [0.05, 0.1) is 0 Å². The Morgan fingerprint density at radius 3 is 2.58 bits per heavy atom. The maximum atomic E-state index is 2.34. The Morgan fingerprint density at radius 2 is 1.92 bits per heavy atom. The zero-order valence-corrected chi connectivity index (χ0v) is 7.89. The minimum absolute atomic E-state index is 0.237. The fourth-order valence-electron chi connectivity index (χ4n) is 2.09. The molecule has 0 nitrogen and oxygen atoms in total. The average molecular weight is 150 g/mol. The number of hydrogen-bond donors (Lipinski definition) is 0. The monoisotopic (exact) mass is 150 g/mol. The molecule has 2 rings (SSSR count). The Hall–Kier alpha value is -0.443. The van der Waals surface area contributed by atoms with Crippen LogP contribution in [0.2, 0.25) is 0 Å². The van der Waals surface area contributed by atoms with Crippen molar-refractivity contribution in [2.24, 2.45) is 0 Å². The summed E-state index contributed by atoms with van der Waals surface area (Å²) in [5, 5.41) is 0. The molecule has 0 radical (unpaired) electrons. The molecule has 12 heavy (non-hydrogen) atoms. The first-order valence-electron chi connectivity index (χ1n) is 4.40. The fourth-order valence-corrected chi connectivity index (χ4v) is 2.09. The summed E-state index contributed by atoms with van der Waals surface area (Å²) in [5.74, 6) is 0.